The topological polar surface area (TPSA) is 101 Å². The molecule has 7 heteroatoms. The molecule has 0 radical (unpaired) electrons. The number of hydrogen-bond acceptors (Lipinski definition) is 5. The van der Waals surface area contributed by atoms with Crippen LogP contribution in [0.3, 0.4) is 0 Å². The van der Waals surface area contributed by atoms with Crippen molar-refractivity contribution in [3.8, 4) is 0 Å². The lowest BCUT2D eigenvalue weighted by Gasteiger charge is -2.27. The van der Waals surface area contributed by atoms with Crippen molar-refractivity contribution < 1.29 is 29.0 Å². The molecule has 0 bridgehead atoms. The fourth-order valence-corrected chi connectivity index (χ4v) is 2.72. The third kappa shape index (κ3) is 10.5. The zero-order valence-corrected chi connectivity index (χ0v) is 16.6. The average molecular weight is 383 g/mol. The van der Waals surface area contributed by atoms with E-state index in [2.05, 4.69) is 11.3 Å². The van der Waals surface area contributed by atoms with Gasteiger partial charge in [0.1, 0.15) is 6.04 Å². The van der Waals surface area contributed by atoms with Crippen LogP contribution < -0.4 is 0 Å². The van der Waals surface area contributed by atoms with Crippen LogP contribution in [0.2, 0.25) is 0 Å². The first-order valence-electron chi connectivity index (χ1n) is 9.77. The Kier molecular flexibility index (Phi) is 13.7. The van der Waals surface area contributed by atoms with Crippen molar-refractivity contribution >= 4 is 23.8 Å². The fraction of sp³-hybridized carbons (Fsp3) is 0.700. The van der Waals surface area contributed by atoms with Gasteiger partial charge in [0.25, 0.3) is 0 Å². The van der Waals surface area contributed by atoms with Crippen molar-refractivity contribution in [2.45, 2.75) is 90.5 Å². The highest BCUT2D eigenvalue weighted by molar-refractivity contribution is 6.00. The van der Waals surface area contributed by atoms with E-state index in [0.29, 0.717) is 12.8 Å². The smallest absolute Gasteiger partial charge is 0.327 e. The summed E-state index contributed by atoms with van der Waals surface area (Å²) in [5, 5.41) is 9.50. The van der Waals surface area contributed by atoms with Crippen molar-refractivity contribution in [1.29, 1.82) is 0 Å². The molecule has 0 aliphatic rings. The molecular formula is C20H33NO6. The second-order valence-corrected chi connectivity index (χ2v) is 6.49. The number of hydrogen-bond donors (Lipinski definition) is 1. The third-order valence-corrected chi connectivity index (χ3v) is 4.20. The summed E-state index contributed by atoms with van der Waals surface area (Å²) in [7, 11) is 0. The van der Waals surface area contributed by atoms with Crippen molar-refractivity contribution in [3.05, 3.63) is 12.8 Å². The van der Waals surface area contributed by atoms with E-state index >= 15 is 0 Å². The molecular weight excluding hydrogens is 350 g/mol. The number of nitrogens with zero attached hydrogens (tertiary/aromatic N) is 1. The Balaban J connectivity index is 5.21. The predicted octanol–water partition coefficient (Wildman–Crippen LogP) is 3.81. The summed E-state index contributed by atoms with van der Waals surface area (Å²) in [6, 6.07) is -1.56. The van der Waals surface area contributed by atoms with Gasteiger partial charge in [0.05, 0.1) is 12.7 Å². The van der Waals surface area contributed by atoms with Gasteiger partial charge < -0.3 is 9.84 Å². The van der Waals surface area contributed by atoms with Gasteiger partial charge in [0.15, 0.2) is 0 Å². The van der Waals surface area contributed by atoms with Crippen LogP contribution in [-0.2, 0) is 23.9 Å². The Morgan fingerprint density at radius 3 is 1.78 bits per heavy atom. The minimum atomic E-state index is -1.56. The van der Waals surface area contributed by atoms with E-state index in [9.17, 15) is 24.3 Å². The second-order valence-electron chi connectivity index (χ2n) is 6.49. The molecule has 0 aromatic carbocycles. The molecule has 0 saturated carbocycles. The molecule has 0 fully saturated rings. The van der Waals surface area contributed by atoms with Crippen LogP contribution in [0.25, 0.3) is 0 Å². The highest BCUT2D eigenvalue weighted by Crippen LogP contribution is 2.15. The Morgan fingerprint density at radius 2 is 1.41 bits per heavy atom. The van der Waals surface area contributed by atoms with Crippen LogP contribution in [-0.4, -0.2) is 39.8 Å². The van der Waals surface area contributed by atoms with E-state index in [1.807, 2.05) is 13.8 Å². The molecule has 0 saturated heterocycles. The van der Waals surface area contributed by atoms with Gasteiger partial charge in [-0.15, -0.1) is 0 Å². The van der Waals surface area contributed by atoms with Crippen LogP contribution in [0.15, 0.2) is 12.8 Å². The van der Waals surface area contributed by atoms with Gasteiger partial charge in [-0.25, -0.2) is 4.79 Å². The number of amides is 2. The van der Waals surface area contributed by atoms with Crippen LogP contribution in [0, 0.1) is 0 Å². The maximum Gasteiger partial charge on any atom is 0.327 e. The molecule has 1 unspecified atom stereocenters. The van der Waals surface area contributed by atoms with Crippen LogP contribution in [0.1, 0.15) is 84.5 Å². The van der Waals surface area contributed by atoms with Crippen LogP contribution >= 0.6 is 0 Å². The van der Waals surface area contributed by atoms with Crippen LogP contribution in [0.4, 0.5) is 0 Å². The number of aliphatic carboxylic acids is 1. The van der Waals surface area contributed by atoms with Gasteiger partial charge >= 0.3 is 11.9 Å². The number of esters is 1. The van der Waals surface area contributed by atoms with E-state index < -0.39 is 36.2 Å². The summed E-state index contributed by atoms with van der Waals surface area (Å²) in [5.74, 6) is -3.35. The molecule has 0 aromatic rings. The molecule has 1 atom stereocenters. The number of carboxylic acid groups (broad SMARTS) is 1. The van der Waals surface area contributed by atoms with Gasteiger partial charge in [0, 0.05) is 12.8 Å². The first kappa shape index (κ1) is 24.8. The summed E-state index contributed by atoms with van der Waals surface area (Å²) in [4.78, 5) is 49.3. The van der Waals surface area contributed by atoms with E-state index in [1.54, 1.807) is 0 Å². The van der Waals surface area contributed by atoms with Gasteiger partial charge in [-0.3, -0.25) is 19.3 Å². The maximum absolute atomic E-state index is 12.6. The molecule has 0 aromatic heterocycles. The highest BCUT2D eigenvalue weighted by atomic mass is 16.5. The first-order chi connectivity index (χ1) is 12.9. The molecule has 1 N–H and O–H groups in total. The summed E-state index contributed by atoms with van der Waals surface area (Å²) < 4.78 is 4.57. The monoisotopic (exact) mass is 383 g/mol. The Bertz CT molecular complexity index is 479. The number of unbranched alkanes of at least 4 members (excludes halogenated alkanes) is 6. The summed E-state index contributed by atoms with van der Waals surface area (Å²) in [5.41, 5.74) is 0. The molecule has 2 amide bonds. The summed E-state index contributed by atoms with van der Waals surface area (Å²) in [6.45, 7) is 7.33. The lowest BCUT2D eigenvalue weighted by molar-refractivity contribution is -0.160. The zero-order valence-electron chi connectivity index (χ0n) is 16.6. The number of ether oxygens (including phenoxy) is 1. The number of imide groups is 1. The van der Waals surface area contributed by atoms with Crippen molar-refractivity contribution in [1.82, 2.24) is 4.90 Å². The predicted molar refractivity (Wildman–Crippen MR) is 102 cm³/mol. The minimum Gasteiger partial charge on any atom is -0.480 e. The maximum atomic E-state index is 12.6. The summed E-state index contributed by atoms with van der Waals surface area (Å²) in [6.07, 6.45) is 7.21. The lowest BCUT2D eigenvalue weighted by atomic mass is 10.1. The molecule has 0 aliphatic carbocycles. The molecule has 0 spiro atoms. The van der Waals surface area contributed by atoms with E-state index in [4.69, 9.17) is 0 Å². The standard InChI is InChI=1S/C20H33NO6/c1-4-7-9-11-13-17(22)21(18(23)14-12-10-8-5-2)16(20(25)26)15-19(24)27-6-3/h6,16H,3-5,7-15H2,1-2H3,(H,25,26). The van der Waals surface area contributed by atoms with Gasteiger partial charge in [-0.05, 0) is 12.8 Å². The second kappa shape index (κ2) is 14.9. The number of carbonyl (C=O) groups is 4. The summed E-state index contributed by atoms with van der Waals surface area (Å²) >= 11 is 0. The van der Waals surface area contributed by atoms with Gasteiger partial charge in [-0.2, -0.15) is 0 Å². The molecule has 27 heavy (non-hydrogen) atoms. The molecule has 0 aliphatic heterocycles. The minimum absolute atomic E-state index is 0.0843. The SMILES string of the molecule is C=COC(=O)CC(C(=O)O)N(C(=O)CCCCCC)C(=O)CCCCCC. The molecule has 154 valence electrons. The molecule has 0 heterocycles. The first-order valence-corrected chi connectivity index (χ1v) is 9.77. The third-order valence-electron chi connectivity index (χ3n) is 4.20. The zero-order chi connectivity index (χ0) is 20.7. The molecule has 7 nitrogen and oxygen atoms in total. The van der Waals surface area contributed by atoms with Gasteiger partial charge in [-0.1, -0.05) is 59.0 Å². The van der Waals surface area contributed by atoms with Crippen molar-refractivity contribution in [2.75, 3.05) is 0 Å². The fourth-order valence-electron chi connectivity index (χ4n) is 2.72. The van der Waals surface area contributed by atoms with Gasteiger partial charge in [0.2, 0.25) is 11.8 Å². The lowest BCUT2D eigenvalue weighted by Crippen LogP contribution is -2.49. The van der Waals surface area contributed by atoms with Crippen molar-refractivity contribution in [2.24, 2.45) is 0 Å². The van der Waals surface area contributed by atoms with Crippen molar-refractivity contribution in [3.63, 3.8) is 0 Å². The number of carbonyl (C=O) groups excluding carboxylic acids is 3. The van der Waals surface area contributed by atoms with E-state index in [1.165, 1.54) is 0 Å². The Morgan fingerprint density at radius 1 is 0.926 bits per heavy atom. The normalized spacial score (nSPS) is 11.5. The Labute approximate surface area is 161 Å². The van der Waals surface area contributed by atoms with E-state index in [0.717, 1.165) is 49.7 Å². The molecule has 0 rings (SSSR count). The van der Waals surface area contributed by atoms with Crippen LogP contribution in [0.5, 0.6) is 0 Å². The average Bonchev–Trinajstić information content (AvgIpc) is 2.62. The Hall–Kier alpha value is -2.18. The van der Waals surface area contributed by atoms with E-state index in [-0.39, 0.29) is 12.8 Å². The quantitative estimate of drug-likeness (QED) is 0.262. The highest BCUT2D eigenvalue weighted by Gasteiger charge is 2.36. The largest absolute Gasteiger partial charge is 0.480 e. The number of carboxylic acids is 1. The number of rotatable bonds is 15.